The Morgan fingerprint density at radius 3 is 1.59 bits per heavy atom. The monoisotopic (exact) mass is 410 g/mol. The molecule has 0 saturated carbocycles. The lowest BCUT2D eigenvalue weighted by molar-refractivity contribution is -0.162. The number of rotatable bonds is 21. The summed E-state index contributed by atoms with van der Waals surface area (Å²) in [6, 6.07) is 0. The van der Waals surface area contributed by atoms with Crippen LogP contribution in [0.2, 0.25) is 0 Å². The van der Waals surface area contributed by atoms with Gasteiger partial charge in [-0.15, -0.1) is 0 Å². The first-order valence-electron chi connectivity index (χ1n) is 12.1. The molecule has 170 valence electrons. The van der Waals surface area contributed by atoms with Gasteiger partial charge in [0.2, 0.25) is 0 Å². The number of allylic oxidation sites excluding steroid dienone is 2. The van der Waals surface area contributed by atoms with Gasteiger partial charge < -0.3 is 9.84 Å². The summed E-state index contributed by atoms with van der Waals surface area (Å²) in [7, 11) is 0. The molecule has 0 radical (unpaired) electrons. The lowest BCUT2D eigenvalue weighted by Gasteiger charge is -2.08. The van der Waals surface area contributed by atoms with Crippen molar-refractivity contribution in [2.45, 2.75) is 136 Å². The zero-order chi connectivity index (χ0) is 21.6. The second kappa shape index (κ2) is 21.4. The first kappa shape index (κ1) is 27.7. The fourth-order valence-corrected chi connectivity index (χ4v) is 3.35. The van der Waals surface area contributed by atoms with Crippen molar-refractivity contribution in [3.05, 3.63) is 12.2 Å². The van der Waals surface area contributed by atoms with Crippen molar-refractivity contribution >= 4 is 11.9 Å². The third kappa shape index (κ3) is 21.2. The molecular weight excluding hydrogens is 364 g/mol. The molecule has 0 fully saturated rings. The Labute approximate surface area is 179 Å². The molecule has 0 aliphatic heterocycles. The van der Waals surface area contributed by atoms with E-state index < -0.39 is 18.0 Å². The Hall–Kier alpha value is -1.32. The Balaban J connectivity index is 3.23. The fraction of sp³-hybridized carbons (Fsp3) is 0.840. The van der Waals surface area contributed by atoms with E-state index in [4.69, 9.17) is 9.84 Å². The highest BCUT2D eigenvalue weighted by Crippen LogP contribution is 2.12. The van der Waals surface area contributed by atoms with Crippen molar-refractivity contribution in [2.24, 2.45) is 0 Å². The smallest absolute Gasteiger partial charge is 0.344 e. The topological polar surface area (TPSA) is 63.6 Å². The number of carboxylic acids is 1. The van der Waals surface area contributed by atoms with E-state index in [1.165, 1.54) is 96.8 Å². The molecule has 1 unspecified atom stereocenters. The lowest BCUT2D eigenvalue weighted by Crippen LogP contribution is -2.23. The highest BCUT2D eigenvalue weighted by atomic mass is 16.6. The van der Waals surface area contributed by atoms with Gasteiger partial charge >= 0.3 is 11.9 Å². The summed E-state index contributed by atoms with van der Waals surface area (Å²) >= 11 is 0. The molecule has 0 aromatic rings. The van der Waals surface area contributed by atoms with Crippen LogP contribution in [0.25, 0.3) is 0 Å². The van der Waals surface area contributed by atoms with Gasteiger partial charge in [-0.3, -0.25) is 4.79 Å². The Morgan fingerprint density at radius 1 is 0.724 bits per heavy atom. The van der Waals surface area contributed by atoms with Gasteiger partial charge in [-0.05, 0) is 39.0 Å². The lowest BCUT2D eigenvalue weighted by atomic mass is 10.1. The maximum atomic E-state index is 11.4. The van der Waals surface area contributed by atoms with Crippen LogP contribution in [0.5, 0.6) is 0 Å². The molecule has 0 saturated heterocycles. The van der Waals surface area contributed by atoms with Crippen LogP contribution in [-0.4, -0.2) is 23.1 Å². The number of ether oxygens (including phenoxy) is 1. The molecule has 0 rings (SSSR count). The van der Waals surface area contributed by atoms with Crippen LogP contribution in [0.15, 0.2) is 12.2 Å². The van der Waals surface area contributed by atoms with Crippen LogP contribution in [0.3, 0.4) is 0 Å². The van der Waals surface area contributed by atoms with Crippen molar-refractivity contribution in [1.82, 2.24) is 0 Å². The summed E-state index contributed by atoms with van der Waals surface area (Å²) in [4.78, 5) is 22.1. The molecule has 0 heterocycles. The van der Waals surface area contributed by atoms with Crippen LogP contribution in [0, 0.1) is 0 Å². The second-order valence-corrected chi connectivity index (χ2v) is 8.22. The number of aliphatic carboxylic acids is 1. The number of carbonyl (C=O) groups excluding carboxylic acids is 1. The van der Waals surface area contributed by atoms with Gasteiger partial charge in [-0.2, -0.15) is 0 Å². The van der Waals surface area contributed by atoms with E-state index >= 15 is 0 Å². The van der Waals surface area contributed by atoms with E-state index in [1.54, 1.807) is 0 Å². The van der Waals surface area contributed by atoms with Crippen LogP contribution in [0.4, 0.5) is 0 Å². The average molecular weight is 411 g/mol. The van der Waals surface area contributed by atoms with Crippen molar-refractivity contribution in [3.63, 3.8) is 0 Å². The third-order valence-corrected chi connectivity index (χ3v) is 5.30. The van der Waals surface area contributed by atoms with Crippen LogP contribution < -0.4 is 0 Å². The molecule has 0 aromatic heterocycles. The molecule has 0 aromatic carbocycles. The van der Waals surface area contributed by atoms with Gasteiger partial charge in [0.1, 0.15) is 0 Å². The molecule has 0 amide bonds. The van der Waals surface area contributed by atoms with Gasteiger partial charge in [0.25, 0.3) is 0 Å². The largest absolute Gasteiger partial charge is 0.479 e. The number of esters is 1. The number of unbranched alkanes of at least 4 members (excludes halogenated alkanes) is 15. The number of hydrogen-bond acceptors (Lipinski definition) is 3. The van der Waals surface area contributed by atoms with Gasteiger partial charge in [0, 0.05) is 6.42 Å². The minimum absolute atomic E-state index is 0.323. The van der Waals surface area contributed by atoms with E-state index in [9.17, 15) is 9.59 Å². The Kier molecular flexibility index (Phi) is 20.4. The molecule has 0 bridgehead atoms. The zero-order valence-corrected chi connectivity index (χ0v) is 19.1. The fourth-order valence-electron chi connectivity index (χ4n) is 3.35. The summed E-state index contributed by atoms with van der Waals surface area (Å²) in [5.74, 6) is -1.50. The molecule has 0 spiro atoms. The quantitative estimate of drug-likeness (QED) is 0.120. The van der Waals surface area contributed by atoms with Crippen LogP contribution >= 0.6 is 0 Å². The van der Waals surface area contributed by atoms with E-state index in [0.29, 0.717) is 6.42 Å². The standard InChI is InChI=1S/C25H46O4/c1-3-4-5-6-7-8-9-10-11-12-13-14-15-16-17-18-19-20-21-22-24(26)29-23(2)25(27)28/h10-11,23H,3-9,12-22H2,1-2H3,(H,27,28)/b11-10-. The second-order valence-electron chi connectivity index (χ2n) is 8.22. The third-order valence-electron chi connectivity index (χ3n) is 5.30. The van der Waals surface area contributed by atoms with Gasteiger partial charge in [-0.1, -0.05) is 96.1 Å². The Morgan fingerprint density at radius 2 is 1.14 bits per heavy atom. The molecule has 4 heteroatoms. The minimum atomic E-state index is -1.09. The molecule has 1 atom stereocenters. The van der Waals surface area contributed by atoms with Crippen molar-refractivity contribution < 1.29 is 19.4 Å². The molecular formula is C25H46O4. The summed E-state index contributed by atoms with van der Waals surface area (Å²) in [5, 5.41) is 8.68. The van der Waals surface area contributed by atoms with E-state index in [0.717, 1.165) is 19.3 Å². The normalized spacial score (nSPS) is 12.3. The summed E-state index contributed by atoms with van der Waals surface area (Å²) in [6.45, 7) is 3.65. The minimum Gasteiger partial charge on any atom is -0.479 e. The molecule has 29 heavy (non-hydrogen) atoms. The zero-order valence-electron chi connectivity index (χ0n) is 19.1. The summed E-state index contributed by atoms with van der Waals surface area (Å²) in [5.41, 5.74) is 0. The van der Waals surface area contributed by atoms with E-state index in [2.05, 4.69) is 19.1 Å². The molecule has 4 nitrogen and oxygen atoms in total. The van der Waals surface area contributed by atoms with Gasteiger partial charge in [-0.25, -0.2) is 4.79 Å². The highest BCUT2D eigenvalue weighted by molar-refractivity contribution is 5.77. The molecule has 0 aliphatic rings. The Bertz CT molecular complexity index is 417. The van der Waals surface area contributed by atoms with Crippen LogP contribution in [-0.2, 0) is 14.3 Å². The summed E-state index contributed by atoms with van der Waals surface area (Å²) < 4.78 is 4.81. The van der Waals surface area contributed by atoms with Crippen molar-refractivity contribution in [2.75, 3.05) is 0 Å². The number of carbonyl (C=O) groups is 2. The van der Waals surface area contributed by atoms with E-state index in [-0.39, 0.29) is 0 Å². The highest BCUT2D eigenvalue weighted by Gasteiger charge is 2.15. The average Bonchev–Trinajstić information content (AvgIpc) is 2.69. The first-order chi connectivity index (χ1) is 14.1. The van der Waals surface area contributed by atoms with E-state index in [1.807, 2.05) is 0 Å². The van der Waals surface area contributed by atoms with Gasteiger partial charge in [0.05, 0.1) is 0 Å². The number of carboxylic acid groups (broad SMARTS) is 1. The first-order valence-corrected chi connectivity index (χ1v) is 12.1. The number of hydrogen-bond donors (Lipinski definition) is 1. The van der Waals surface area contributed by atoms with Crippen LogP contribution in [0.1, 0.15) is 129 Å². The van der Waals surface area contributed by atoms with Crippen molar-refractivity contribution in [1.29, 1.82) is 0 Å². The van der Waals surface area contributed by atoms with Crippen molar-refractivity contribution in [3.8, 4) is 0 Å². The van der Waals surface area contributed by atoms with Gasteiger partial charge in [0.15, 0.2) is 6.10 Å². The summed E-state index contributed by atoms with van der Waals surface area (Å²) in [6.07, 6.45) is 25.5. The molecule has 1 N–H and O–H groups in total. The predicted octanol–water partition coefficient (Wildman–Crippen LogP) is 7.60. The SMILES string of the molecule is CCCCCCCC/C=C\CCCCCCCCCCCC(=O)OC(C)C(=O)O. The molecule has 0 aliphatic carbocycles. The maximum Gasteiger partial charge on any atom is 0.344 e. The maximum absolute atomic E-state index is 11.4. The predicted molar refractivity (Wildman–Crippen MR) is 121 cm³/mol.